The number of carbonyl (C=O) groups is 2. The number of nitrogens with one attached hydrogen (secondary N) is 2. The lowest BCUT2D eigenvalue weighted by Gasteiger charge is -2.15. The van der Waals surface area contributed by atoms with Crippen LogP contribution >= 0.6 is 0 Å². The highest BCUT2D eigenvalue weighted by Gasteiger charge is 2.12. The van der Waals surface area contributed by atoms with E-state index in [-0.39, 0.29) is 11.8 Å². The average molecular weight is 238 g/mol. The van der Waals surface area contributed by atoms with Crippen LogP contribution in [0.4, 0.5) is 0 Å². The van der Waals surface area contributed by atoms with E-state index >= 15 is 0 Å². The molecule has 4 nitrogen and oxygen atoms in total. The largest absolute Gasteiger partial charge is 0.354 e. The van der Waals surface area contributed by atoms with Crippen molar-refractivity contribution < 1.29 is 9.59 Å². The highest BCUT2D eigenvalue weighted by molar-refractivity contribution is 5.86. The minimum Gasteiger partial charge on any atom is -0.354 e. The Bertz CT molecular complexity index is 311. The minimum atomic E-state index is -0.451. The SMILES string of the molecule is CC(=O)NC(C)C(=O)NCCC1=CCCCC1. The van der Waals surface area contributed by atoms with Crippen molar-refractivity contribution in [1.29, 1.82) is 0 Å². The fourth-order valence-electron chi connectivity index (χ4n) is 2.00. The van der Waals surface area contributed by atoms with E-state index in [1.807, 2.05) is 0 Å². The van der Waals surface area contributed by atoms with Crippen molar-refractivity contribution >= 4 is 11.8 Å². The predicted octanol–water partition coefficient (Wildman–Crippen LogP) is 1.52. The van der Waals surface area contributed by atoms with Crippen molar-refractivity contribution in [2.75, 3.05) is 6.54 Å². The van der Waals surface area contributed by atoms with Crippen LogP contribution in [0.25, 0.3) is 0 Å². The monoisotopic (exact) mass is 238 g/mol. The number of amides is 2. The Labute approximate surface area is 103 Å². The fourth-order valence-corrected chi connectivity index (χ4v) is 2.00. The maximum atomic E-state index is 11.6. The summed E-state index contributed by atoms with van der Waals surface area (Å²) in [4.78, 5) is 22.4. The van der Waals surface area contributed by atoms with E-state index < -0.39 is 6.04 Å². The molecule has 0 aromatic heterocycles. The van der Waals surface area contributed by atoms with Gasteiger partial charge in [-0.3, -0.25) is 9.59 Å². The first-order valence-corrected chi connectivity index (χ1v) is 6.32. The molecule has 0 bridgehead atoms. The molecule has 0 aromatic carbocycles. The van der Waals surface area contributed by atoms with Crippen LogP contribution in [0.1, 0.15) is 46.0 Å². The Balaban J connectivity index is 2.19. The molecule has 17 heavy (non-hydrogen) atoms. The van der Waals surface area contributed by atoms with E-state index in [4.69, 9.17) is 0 Å². The average Bonchev–Trinajstić information content (AvgIpc) is 2.29. The number of rotatable bonds is 5. The van der Waals surface area contributed by atoms with Crippen LogP contribution in [0.2, 0.25) is 0 Å². The summed E-state index contributed by atoms with van der Waals surface area (Å²) in [6.45, 7) is 3.77. The molecule has 4 heteroatoms. The molecule has 1 unspecified atom stereocenters. The van der Waals surface area contributed by atoms with Crippen molar-refractivity contribution in [3.63, 3.8) is 0 Å². The number of carbonyl (C=O) groups excluding carboxylic acids is 2. The lowest BCUT2D eigenvalue weighted by molar-refractivity contribution is -0.127. The van der Waals surface area contributed by atoms with Gasteiger partial charge in [0.1, 0.15) is 6.04 Å². The number of allylic oxidation sites excluding steroid dienone is 1. The first-order valence-electron chi connectivity index (χ1n) is 6.32. The molecule has 0 aromatic rings. The summed E-state index contributed by atoms with van der Waals surface area (Å²) in [7, 11) is 0. The van der Waals surface area contributed by atoms with Gasteiger partial charge in [-0.2, -0.15) is 0 Å². The molecule has 1 rings (SSSR count). The summed E-state index contributed by atoms with van der Waals surface area (Å²) < 4.78 is 0. The third-order valence-electron chi connectivity index (χ3n) is 2.94. The van der Waals surface area contributed by atoms with E-state index in [9.17, 15) is 9.59 Å². The normalized spacial score (nSPS) is 16.9. The second kappa shape index (κ2) is 7.09. The van der Waals surface area contributed by atoms with Gasteiger partial charge in [-0.25, -0.2) is 0 Å². The smallest absolute Gasteiger partial charge is 0.242 e. The number of hydrogen-bond donors (Lipinski definition) is 2. The van der Waals surface area contributed by atoms with Crippen LogP contribution in [0.3, 0.4) is 0 Å². The summed E-state index contributed by atoms with van der Waals surface area (Å²) in [6, 6.07) is -0.451. The molecule has 0 fully saturated rings. The Kier molecular flexibility index (Phi) is 5.73. The van der Waals surface area contributed by atoms with Gasteiger partial charge in [-0.15, -0.1) is 0 Å². The van der Waals surface area contributed by atoms with Crippen LogP contribution in [0, 0.1) is 0 Å². The molecule has 0 saturated heterocycles. The second-order valence-corrected chi connectivity index (χ2v) is 4.57. The zero-order valence-corrected chi connectivity index (χ0v) is 10.7. The van der Waals surface area contributed by atoms with Crippen LogP contribution in [0.5, 0.6) is 0 Å². The third-order valence-corrected chi connectivity index (χ3v) is 2.94. The van der Waals surface area contributed by atoms with Crippen molar-refractivity contribution in [1.82, 2.24) is 10.6 Å². The predicted molar refractivity (Wildman–Crippen MR) is 67.5 cm³/mol. The summed E-state index contributed by atoms with van der Waals surface area (Å²) >= 11 is 0. The molecule has 0 heterocycles. The molecular formula is C13H22N2O2. The van der Waals surface area contributed by atoms with Crippen LogP contribution in [0.15, 0.2) is 11.6 Å². The lowest BCUT2D eigenvalue weighted by atomic mass is 9.97. The first-order chi connectivity index (χ1) is 8.09. The summed E-state index contributed by atoms with van der Waals surface area (Å²) in [5.41, 5.74) is 1.45. The number of hydrogen-bond acceptors (Lipinski definition) is 2. The molecule has 0 radical (unpaired) electrons. The van der Waals surface area contributed by atoms with Gasteiger partial charge in [0.05, 0.1) is 0 Å². The summed E-state index contributed by atoms with van der Waals surface area (Å²) in [5.74, 6) is -0.292. The molecule has 2 amide bonds. The van der Waals surface area contributed by atoms with Crippen molar-refractivity contribution in [3.05, 3.63) is 11.6 Å². The van der Waals surface area contributed by atoms with Gasteiger partial charge in [0.25, 0.3) is 0 Å². The molecule has 96 valence electrons. The molecule has 1 aliphatic rings. The maximum Gasteiger partial charge on any atom is 0.242 e. The van der Waals surface area contributed by atoms with Crippen LogP contribution in [-0.4, -0.2) is 24.4 Å². The summed E-state index contributed by atoms with van der Waals surface area (Å²) in [5, 5.41) is 5.41. The lowest BCUT2D eigenvalue weighted by Crippen LogP contribution is -2.44. The topological polar surface area (TPSA) is 58.2 Å². The van der Waals surface area contributed by atoms with E-state index in [0.29, 0.717) is 6.54 Å². The van der Waals surface area contributed by atoms with Gasteiger partial charge in [-0.1, -0.05) is 11.6 Å². The quantitative estimate of drug-likeness (QED) is 0.713. The molecule has 1 aliphatic carbocycles. The van der Waals surface area contributed by atoms with Gasteiger partial charge in [0.15, 0.2) is 0 Å². The van der Waals surface area contributed by atoms with Crippen LogP contribution < -0.4 is 10.6 Å². The highest BCUT2D eigenvalue weighted by atomic mass is 16.2. The third kappa shape index (κ3) is 5.52. The van der Waals surface area contributed by atoms with E-state index in [2.05, 4.69) is 16.7 Å². The van der Waals surface area contributed by atoms with E-state index in [1.54, 1.807) is 6.92 Å². The Morgan fingerprint density at radius 1 is 1.41 bits per heavy atom. The highest BCUT2D eigenvalue weighted by Crippen LogP contribution is 2.19. The maximum absolute atomic E-state index is 11.6. The Hall–Kier alpha value is -1.32. The van der Waals surface area contributed by atoms with Gasteiger partial charge < -0.3 is 10.6 Å². The minimum absolute atomic E-state index is 0.114. The van der Waals surface area contributed by atoms with E-state index in [0.717, 1.165) is 12.8 Å². The van der Waals surface area contributed by atoms with Gasteiger partial charge >= 0.3 is 0 Å². The van der Waals surface area contributed by atoms with Gasteiger partial charge in [-0.05, 0) is 39.0 Å². The van der Waals surface area contributed by atoms with Gasteiger partial charge in [0, 0.05) is 13.5 Å². The molecule has 2 N–H and O–H groups in total. The van der Waals surface area contributed by atoms with Crippen molar-refractivity contribution in [3.8, 4) is 0 Å². The molecule has 0 aliphatic heterocycles. The Morgan fingerprint density at radius 3 is 2.76 bits per heavy atom. The first kappa shape index (κ1) is 13.7. The van der Waals surface area contributed by atoms with Crippen molar-refractivity contribution in [2.45, 2.75) is 52.0 Å². The van der Waals surface area contributed by atoms with Crippen LogP contribution in [-0.2, 0) is 9.59 Å². The van der Waals surface area contributed by atoms with Gasteiger partial charge in [0.2, 0.25) is 11.8 Å². The summed E-state index contributed by atoms with van der Waals surface area (Å²) in [6.07, 6.45) is 8.10. The molecular weight excluding hydrogens is 216 g/mol. The molecule has 0 saturated carbocycles. The molecule has 1 atom stereocenters. The van der Waals surface area contributed by atoms with Crippen molar-refractivity contribution in [2.24, 2.45) is 0 Å². The second-order valence-electron chi connectivity index (χ2n) is 4.57. The standard InChI is InChI=1S/C13H22N2O2/c1-10(15-11(2)16)13(17)14-9-8-12-6-4-3-5-7-12/h6,10H,3-5,7-9H2,1-2H3,(H,14,17)(H,15,16). The zero-order valence-electron chi connectivity index (χ0n) is 10.7. The fraction of sp³-hybridized carbons (Fsp3) is 0.692. The van der Waals surface area contributed by atoms with E-state index in [1.165, 1.54) is 31.8 Å². The molecule has 0 spiro atoms. The zero-order chi connectivity index (χ0) is 12.7. The Morgan fingerprint density at radius 2 is 2.18 bits per heavy atom.